The number of nitrogens with one attached hydrogen (secondary N) is 1. The Balaban J connectivity index is 1.31. The molecule has 2 heterocycles. The van der Waals surface area contributed by atoms with Crippen LogP contribution in [0.5, 0.6) is 0 Å². The minimum absolute atomic E-state index is 0.0146. The summed E-state index contributed by atoms with van der Waals surface area (Å²) in [5.74, 6) is 0.121. The number of carbonyl (C=O) groups excluding carboxylic acids is 2. The van der Waals surface area contributed by atoms with Crippen molar-refractivity contribution in [3.63, 3.8) is 0 Å². The first kappa shape index (κ1) is 18.5. The number of fused-ring (bicyclic) bond motifs is 1. The number of nitrogens with zero attached hydrogens (tertiary/aromatic N) is 2. The normalized spacial score (nSPS) is 18.2. The molecule has 0 unspecified atom stereocenters. The fourth-order valence-electron chi connectivity index (χ4n) is 4.15. The monoisotopic (exact) mass is 377 g/mol. The van der Waals surface area contributed by atoms with Crippen molar-refractivity contribution in [2.45, 2.75) is 38.8 Å². The van der Waals surface area contributed by atoms with Gasteiger partial charge >= 0.3 is 0 Å². The second-order valence-electron chi connectivity index (χ2n) is 7.78. The van der Waals surface area contributed by atoms with Gasteiger partial charge < -0.3 is 15.1 Å². The molecule has 1 atom stereocenters. The minimum Gasteiger partial charge on any atom is -0.359 e. The van der Waals surface area contributed by atoms with Crippen molar-refractivity contribution >= 4 is 17.5 Å². The van der Waals surface area contributed by atoms with Gasteiger partial charge in [0, 0.05) is 36.9 Å². The van der Waals surface area contributed by atoms with Gasteiger partial charge in [-0.15, -0.1) is 0 Å². The quantitative estimate of drug-likeness (QED) is 0.872. The van der Waals surface area contributed by atoms with Gasteiger partial charge in [-0.25, -0.2) is 0 Å². The van der Waals surface area contributed by atoms with E-state index < -0.39 is 0 Å². The Morgan fingerprint density at radius 3 is 2.50 bits per heavy atom. The number of likely N-dealkylation sites (tertiary alicyclic amines) is 1. The molecule has 2 aliphatic rings. The van der Waals surface area contributed by atoms with Crippen LogP contribution in [0.25, 0.3) is 0 Å². The SMILES string of the molecule is C[C@H]1Cc2ccccc2N1CC(=O)NCc1ccc(C(=O)N2CCCC2)cc1. The molecule has 28 heavy (non-hydrogen) atoms. The van der Waals surface area contributed by atoms with E-state index in [0.29, 0.717) is 19.1 Å². The average molecular weight is 377 g/mol. The van der Waals surface area contributed by atoms with Crippen LogP contribution < -0.4 is 10.2 Å². The van der Waals surface area contributed by atoms with Gasteiger partial charge in [-0.2, -0.15) is 0 Å². The Hall–Kier alpha value is -2.82. The first-order valence-electron chi connectivity index (χ1n) is 10.1. The number of benzene rings is 2. The predicted molar refractivity (Wildman–Crippen MR) is 110 cm³/mol. The Bertz CT molecular complexity index is 856. The summed E-state index contributed by atoms with van der Waals surface area (Å²) in [6.07, 6.45) is 3.17. The van der Waals surface area contributed by atoms with Crippen molar-refractivity contribution in [3.05, 3.63) is 65.2 Å². The second-order valence-corrected chi connectivity index (χ2v) is 7.78. The summed E-state index contributed by atoms with van der Waals surface area (Å²) in [6, 6.07) is 16.2. The van der Waals surface area contributed by atoms with Crippen molar-refractivity contribution in [2.24, 2.45) is 0 Å². The van der Waals surface area contributed by atoms with E-state index in [0.717, 1.165) is 49.2 Å². The van der Waals surface area contributed by atoms with E-state index >= 15 is 0 Å². The maximum Gasteiger partial charge on any atom is 0.253 e. The standard InChI is InChI=1S/C23H27N3O2/c1-17-14-20-6-2-3-7-21(20)26(17)16-22(27)24-15-18-8-10-19(11-9-18)23(28)25-12-4-5-13-25/h2-3,6-11,17H,4-5,12-16H2,1H3,(H,24,27)/t17-/m0/s1. The van der Waals surface area contributed by atoms with Crippen LogP contribution in [-0.2, 0) is 17.8 Å². The largest absolute Gasteiger partial charge is 0.359 e. The molecule has 4 rings (SSSR count). The van der Waals surface area contributed by atoms with Crippen molar-refractivity contribution in [3.8, 4) is 0 Å². The molecule has 2 amide bonds. The summed E-state index contributed by atoms with van der Waals surface area (Å²) < 4.78 is 0. The van der Waals surface area contributed by atoms with Crippen LogP contribution in [0.3, 0.4) is 0 Å². The van der Waals surface area contributed by atoms with E-state index in [2.05, 4.69) is 29.3 Å². The number of rotatable bonds is 5. The molecule has 0 aliphatic carbocycles. The predicted octanol–water partition coefficient (Wildman–Crippen LogP) is 2.99. The number of hydrogen-bond acceptors (Lipinski definition) is 3. The summed E-state index contributed by atoms with van der Waals surface area (Å²) in [7, 11) is 0. The second kappa shape index (κ2) is 8.05. The fourth-order valence-corrected chi connectivity index (χ4v) is 4.15. The molecule has 0 spiro atoms. The van der Waals surface area contributed by atoms with Crippen molar-refractivity contribution in [2.75, 3.05) is 24.5 Å². The number of hydrogen-bond donors (Lipinski definition) is 1. The lowest BCUT2D eigenvalue weighted by Gasteiger charge is -2.24. The van der Waals surface area contributed by atoms with Crippen LogP contribution in [0.1, 0.15) is 41.3 Å². The molecule has 1 N–H and O–H groups in total. The third kappa shape index (κ3) is 3.88. The Kier molecular flexibility index (Phi) is 5.33. The lowest BCUT2D eigenvalue weighted by Crippen LogP contribution is -2.39. The molecule has 0 radical (unpaired) electrons. The number of carbonyl (C=O) groups is 2. The minimum atomic E-state index is 0.0146. The zero-order valence-corrected chi connectivity index (χ0v) is 16.4. The molecule has 0 bridgehead atoms. The number of anilines is 1. The first-order chi connectivity index (χ1) is 13.6. The van der Waals surface area contributed by atoms with Gasteiger partial charge in [0.15, 0.2) is 0 Å². The highest BCUT2D eigenvalue weighted by Crippen LogP contribution is 2.31. The zero-order valence-electron chi connectivity index (χ0n) is 16.4. The van der Waals surface area contributed by atoms with Gasteiger partial charge in [0.25, 0.3) is 5.91 Å². The molecule has 1 saturated heterocycles. The summed E-state index contributed by atoms with van der Waals surface area (Å²) >= 11 is 0. The van der Waals surface area contributed by atoms with Gasteiger partial charge in [-0.1, -0.05) is 30.3 Å². The number of para-hydroxylation sites is 1. The van der Waals surface area contributed by atoms with Crippen LogP contribution in [0, 0.1) is 0 Å². The highest BCUT2D eigenvalue weighted by atomic mass is 16.2. The molecule has 0 aromatic heterocycles. The maximum atomic E-state index is 12.5. The average Bonchev–Trinajstić information content (AvgIpc) is 3.35. The molecular formula is C23H27N3O2. The van der Waals surface area contributed by atoms with Gasteiger partial charge in [0.2, 0.25) is 5.91 Å². The first-order valence-corrected chi connectivity index (χ1v) is 10.1. The van der Waals surface area contributed by atoms with Gasteiger partial charge in [0.1, 0.15) is 0 Å². The zero-order chi connectivity index (χ0) is 19.5. The van der Waals surface area contributed by atoms with E-state index in [1.165, 1.54) is 5.56 Å². The molecule has 2 aromatic carbocycles. The fraction of sp³-hybridized carbons (Fsp3) is 0.391. The van der Waals surface area contributed by atoms with Crippen molar-refractivity contribution in [1.82, 2.24) is 10.2 Å². The van der Waals surface area contributed by atoms with Crippen LogP contribution in [0.2, 0.25) is 0 Å². The van der Waals surface area contributed by atoms with E-state index in [-0.39, 0.29) is 11.8 Å². The number of amides is 2. The van der Waals surface area contributed by atoms with Crippen LogP contribution in [0.4, 0.5) is 5.69 Å². The van der Waals surface area contributed by atoms with E-state index in [4.69, 9.17) is 0 Å². The Morgan fingerprint density at radius 1 is 1.04 bits per heavy atom. The lowest BCUT2D eigenvalue weighted by molar-refractivity contribution is -0.120. The molecule has 1 fully saturated rings. The highest BCUT2D eigenvalue weighted by Gasteiger charge is 2.26. The van der Waals surface area contributed by atoms with Crippen LogP contribution in [-0.4, -0.2) is 42.4 Å². The smallest absolute Gasteiger partial charge is 0.253 e. The molecule has 2 aliphatic heterocycles. The van der Waals surface area contributed by atoms with Gasteiger partial charge in [-0.3, -0.25) is 9.59 Å². The topological polar surface area (TPSA) is 52.7 Å². The summed E-state index contributed by atoms with van der Waals surface area (Å²) in [4.78, 5) is 28.9. The molecular weight excluding hydrogens is 350 g/mol. The summed E-state index contributed by atoms with van der Waals surface area (Å²) in [5, 5.41) is 3.01. The van der Waals surface area contributed by atoms with Crippen LogP contribution >= 0.6 is 0 Å². The third-order valence-electron chi connectivity index (χ3n) is 5.75. The van der Waals surface area contributed by atoms with Crippen LogP contribution in [0.15, 0.2) is 48.5 Å². The van der Waals surface area contributed by atoms with Gasteiger partial charge in [0.05, 0.1) is 6.54 Å². The van der Waals surface area contributed by atoms with Gasteiger partial charge in [-0.05, 0) is 55.5 Å². The molecule has 146 valence electrons. The molecule has 5 heteroatoms. The molecule has 2 aromatic rings. The Labute approximate surface area is 166 Å². The summed E-state index contributed by atoms with van der Waals surface area (Å²) in [5.41, 5.74) is 4.19. The Morgan fingerprint density at radius 2 is 1.75 bits per heavy atom. The van der Waals surface area contributed by atoms with E-state index in [1.807, 2.05) is 41.3 Å². The highest BCUT2D eigenvalue weighted by molar-refractivity contribution is 5.94. The molecule has 5 nitrogen and oxygen atoms in total. The lowest BCUT2D eigenvalue weighted by atomic mass is 10.1. The van der Waals surface area contributed by atoms with Crippen molar-refractivity contribution in [1.29, 1.82) is 0 Å². The van der Waals surface area contributed by atoms with E-state index in [9.17, 15) is 9.59 Å². The third-order valence-corrected chi connectivity index (χ3v) is 5.75. The van der Waals surface area contributed by atoms with E-state index in [1.54, 1.807) is 0 Å². The summed E-state index contributed by atoms with van der Waals surface area (Å²) in [6.45, 7) is 4.71. The van der Waals surface area contributed by atoms with Crippen molar-refractivity contribution < 1.29 is 9.59 Å². The maximum absolute atomic E-state index is 12.5. The molecule has 0 saturated carbocycles.